The predicted octanol–water partition coefficient (Wildman–Crippen LogP) is 3.42. The first-order valence-electron chi connectivity index (χ1n) is 8.45. The fourth-order valence-electron chi connectivity index (χ4n) is 3.07. The number of nitrogens with one attached hydrogen (secondary N) is 1. The summed E-state index contributed by atoms with van der Waals surface area (Å²) in [6, 6.07) is 4.30. The summed E-state index contributed by atoms with van der Waals surface area (Å²) in [7, 11) is 1.34. The molecule has 0 radical (unpaired) electrons. The number of ether oxygens (including phenoxy) is 1. The summed E-state index contributed by atoms with van der Waals surface area (Å²) in [6.45, 7) is 0.813. The number of nitro groups is 1. The van der Waals surface area contributed by atoms with E-state index in [1.165, 1.54) is 25.6 Å². The minimum absolute atomic E-state index is 0.0559. The van der Waals surface area contributed by atoms with Crippen LogP contribution in [0.4, 0.5) is 27.4 Å². The van der Waals surface area contributed by atoms with E-state index in [9.17, 15) is 19.3 Å². The summed E-state index contributed by atoms with van der Waals surface area (Å²) in [5.41, 5.74) is -0.290. The quantitative estimate of drug-likeness (QED) is 0.416. The number of benzene rings is 1. The van der Waals surface area contributed by atoms with E-state index in [1.54, 1.807) is 11.0 Å². The summed E-state index contributed by atoms with van der Waals surface area (Å²) < 4.78 is 19.4. The molecule has 9 nitrogen and oxygen atoms in total. The maximum atomic E-state index is 14.1. The number of nitrogens with zero attached hydrogens (tertiary/aromatic N) is 4. The van der Waals surface area contributed by atoms with E-state index in [-0.39, 0.29) is 34.9 Å². The van der Waals surface area contributed by atoms with Gasteiger partial charge < -0.3 is 15.0 Å². The Morgan fingerprint density at radius 2 is 2.11 bits per heavy atom. The number of carbonyl (C=O) groups is 1. The Bertz CT molecular complexity index is 905. The fourth-order valence-corrected chi connectivity index (χ4v) is 3.41. The van der Waals surface area contributed by atoms with Crippen molar-refractivity contribution in [3.63, 3.8) is 0 Å². The van der Waals surface area contributed by atoms with Gasteiger partial charge in [0.1, 0.15) is 12.1 Å². The molecule has 0 atom stereocenters. The molecule has 148 valence electrons. The van der Waals surface area contributed by atoms with Crippen LogP contribution in [-0.4, -0.2) is 41.1 Å². The Morgan fingerprint density at radius 3 is 2.71 bits per heavy atom. The number of piperidine rings is 1. The number of hydrogen-bond acceptors (Lipinski definition) is 8. The number of hydrogen-bond donors (Lipinski definition) is 1. The smallest absolute Gasteiger partial charge is 0.353 e. The lowest BCUT2D eigenvalue weighted by atomic mass is 9.97. The van der Waals surface area contributed by atoms with Crippen molar-refractivity contribution in [2.24, 2.45) is 5.92 Å². The van der Waals surface area contributed by atoms with Gasteiger partial charge in [0.2, 0.25) is 11.6 Å². The Labute approximate surface area is 168 Å². The molecule has 1 N–H and O–H groups in total. The van der Waals surface area contributed by atoms with Gasteiger partial charge in [0.15, 0.2) is 0 Å². The molecule has 1 aromatic carbocycles. The van der Waals surface area contributed by atoms with Crippen molar-refractivity contribution in [1.82, 2.24) is 9.97 Å². The standard InChI is InChI=1S/C17H17BrFN5O4/c1-28-17(25)10-4-6-23(7-5-10)16-14(24(26)27)15(20-9-21-16)22-13-3-2-11(18)8-12(13)19/h2-3,8-10H,4-7H2,1H3,(H,20,21,22). The van der Waals surface area contributed by atoms with Gasteiger partial charge in [0.05, 0.1) is 23.6 Å². The van der Waals surface area contributed by atoms with Crippen LogP contribution in [0.3, 0.4) is 0 Å². The van der Waals surface area contributed by atoms with Gasteiger partial charge in [0, 0.05) is 17.6 Å². The first kappa shape index (κ1) is 19.9. The van der Waals surface area contributed by atoms with Crippen LogP contribution < -0.4 is 10.2 Å². The number of esters is 1. The third kappa shape index (κ3) is 4.19. The average molecular weight is 454 g/mol. The Kier molecular flexibility index (Phi) is 6.02. The summed E-state index contributed by atoms with van der Waals surface area (Å²) in [5, 5.41) is 14.4. The molecule has 1 saturated heterocycles. The van der Waals surface area contributed by atoms with E-state index >= 15 is 0 Å². The van der Waals surface area contributed by atoms with Crippen molar-refractivity contribution in [1.29, 1.82) is 0 Å². The van der Waals surface area contributed by atoms with Crippen molar-refractivity contribution < 1.29 is 18.8 Å². The van der Waals surface area contributed by atoms with Crippen molar-refractivity contribution in [3.05, 3.63) is 44.9 Å². The van der Waals surface area contributed by atoms with E-state index in [4.69, 9.17) is 4.74 Å². The highest BCUT2D eigenvalue weighted by molar-refractivity contribution is 9.10. The maximum Gasteiger partial charge on any atom is 0.353 e. The third-order valence-corrected chi connectivity index (χ3v) is 4.99. The zero-order valence-electron chi connectivity index (χ0n) is 14.9. The summed E-state index contributed by atoms with van der Waals surface area (Å²) in [4.78, 5) is 32.5. The maximum absolute atomic E-state index is 14.1. The van der Waals surface area contributed by atoms with E-state index in [0.29, 0.717) is 30.4 Å². The van der Waals surface area contributed by atoms with E-state index in [2.05, 4.69) is 31.2 Å². The number of rotatable bonds is 5. The van der Waals surface area contributed by atoms with Crippen LogP contribution in [-0.2, 0) is 9.53 Å². The molecule has 0 unspecified atom stereocenters. The molecule has 2 aromatic rings. The second kappa shape index (κ2) is 8.46. The molecule has 0 saturated carbocycles. The van der Waals surface area contributed by atoms with E-state index in [1.807, 2.05) is 0 Å². The van der Waals surface area contributed by atoms with Gasteiger partial charge in [-0.2, -0.15) is 0 Å². The van der Waals surface area contributed by atoms with Crippen LogP contribution in [0.2, 0.25) is 0 Å². The Morgan fingerprint density at radius 1 is 1.39 bits per heavy atom. The second-order valence-electron chi connectivity index (χ2n) is 6.19. The van der Waals surface area contributed by atoms with Gasteiger partial charge in [-0.1, -0.05) is 15.9 Å². The van der Waals surface area contributed by atoms with Crippen molar-refractivity contribution in [2.75, 3.05) is 30.4 Å². The van der Waals surface area contributed by atoms with Gasteiger partial charge in [-0.3, -0.25) is 14.9 Å². The molecule has 1 fully saturated rings. The first-order chi connectivity index (χ1) is 13.4. The van der Waals surface area contributed by atoms with Gasteiger partial charge >= 0.3 is 11.7 Å². The molecule has 1 aliphatic heterocycles. The molecule has 3 rings (SSSR count). The van der Waals surface area contributed by atoms with Gasteiger partial charge in [-0.25, -0.2) is 14.4 Å². The van der Waals surface area contributed by atoms with E-state index in [0.717, 1.165) is 0 Å². The van der Waals surface area contributed by atoms with Crippen LogP contribution in [0.1, 0.15) is 12.8 Å². The number of halogens is 2. The monoisotopic (exact) mass is 453 g/mol. The number of carbonyl (C=O) groups excluding carboxylic acids is 1. The average Bonchev–Trinajstić information content (AvgIpc) is 2.69. The van der Waals surface area contributed by atoms with Crippen LogP contribution in [0.5, 0.6) is 0 Å². The highest BCUT2D eigenvalue weighted by atomic mass is 79.9. The highest BCUT2D eigenvalue weighted by Crippen LogP contribution is 2.36. The van der Waals surface area contributed by atoms with Gasteiger partial charge in [-0.15, -0.1) is 0 Å². The van der Waals surface area contributed by atoms with E-state index < -0.39 is 10.7 Å². The molecule has 0 amide bonds. The van der Waals surface area contributed by atoms with Gasteiger partial charge in [-0.05, 0) is 31.0 Å². The molecule has 0 spiro atoms. The molecule has 1 aromatic heterocycles. The lowest BCUT2D eigenvalue weighted by molar-refractivity contribution is -0.383. The zero-order valence-corrected chi connectivity index (χ0v) is 16.5. The van der Waals surface area contributed by atoms with Gasteiger partial charge in [0.25, 0.3) is 0 Å². The second-order valence-corrected chi connectivity index (χ2v) is 7.10. The van der Waals surface area contributed by atoms with Crippen LogP contribution >= 0.6 is 15.9 Å². The number of aromatic nitrogens is 2. The lowest BCUT2D eigenvalue weighted by Crippen LogP contribution is -2.37. The molecule has 2 heterocycles. The Balaban J connectivity index is 1.88. The predicted molar refractivity (Wildman–Crippen MR) is 103 cm³/mol. The molecule has 28 heavy (non-hydrogen) atoms. The largest absolute Gasteiger partial charge is 0.469 e. The molecular formula is C17H17BrFN5O4. The number of methoxy groups -OCH3 is 1. The summed E-state index contributed by atoms with van der Waals surface area (Å²) in [6.07, 6.45) is 2.18. The molecule has 0 bridgehead atoms. The highest BCUT2D eigenvalue weighted by Gasteiger charge is 2.32. The minimum Gasteiger partial charge on any atom is -0.469 e. The number of anilines is 3. The molecule has 1 aliphatic rings. The molecule has 0 aliphatic carbocycles. The first-order valence-corrected chi connectivity index (χ1v) is 9.24. The normalized spacial score (nSPS) is 14.6. The van der Waals surface area contributed by atoms with Crippen molar-refractivity contribution in [2.45, 2.75) is 12.8 Å². The summed E-state index contributed by atoms with van der Waals surface area (Å²) in [5.74, 6) is -1.08. The lowest BCUT2D eigenvalue weighted by Gasteiger charge is -2.31. The third-order valence-electron chi connectivity index (χ3n) is 4.50. The molecular weight excluding hydrogens is 437 g/mol. The topological polar surface area (TPSA) is 110 Å². The minimum atomic E-state index is -0.596. The van der Waals surface area contributed by atoms with Crippen LogP contribution in [0.15, 0.2) is 29.0 Å². The van der Waals surface area contributed by atoms with Crippen LogP contribution in [0.25, 0.3) is 0 Å². The van der Waals surface area contributed by atoms with Crippen LogP contribution in [0, 0.1) is 21.8 Å². The zero-order chi connectivity index (χ0) is 20.3. The molecule has 11 heteroatoms. The summed E-state index contributed by atoms with van der Waals surface area (Å²) >= 11 is 3.16. The van der Waals surface area contributed by atoms with Crippen molar-refractivity contribution in [3.8, 4) is 0 Å². The SMILES string of the molecule is COC(=O)C1CCN(c2ncnc(Nc3ccc(Br)cc3F)c2[N+](=O)[O-])CC1. The van der Waals surface area contributed by atoms with Crippen molar-refractivity contribution >= 4 is 44.9 Å². The fraction of sp³-hybridized carbons (Fsp3) is 0.353. The Hall–Kier alpha value is -2.82.